The highest BCUT2D eigenvalue weighted by Crippen LogP contribution is 2.33. The van der Waals surface area contributed by atoms with Crippen LogP contribution in [0.3, 0.4) is 0 Å². The minimum atomic E-state index is -0.0425. The van der Waals surface area contributed by atoms with Crippen molar-refractivity contribution in [3.8, 4) is 0 Å². The van der Waals surface area contributed by atoms with Gasteiger partial charge in [0.15, 0.2) is 5.11 Å². The number of rotatable bonds is 4. The summed E-state index contributed by atoms with van der Waals surface area (Å²) in [6.07, 6.45) is 3.83. The molecule has 19 heavy (non-hydrogen) atoms. The fourth-order valence-electron chi connectivity index (χ4n) is 1.67. The van der Waals surface area contributed by atoms with Gasteiger partial charge in [-0.05, 0) is 62.6 Å². The number of thiocarbonyl (C=S) groups is 1. The van der Waals surface area contributed by atoms with Crippen LogP contribution >= 0.6 is 55.4 Å². The van der Waals surface area contributed by atoms with Gasteiger partial charge >= 0.3 is 0 Å². The summed E-state index contributed by atoms with van der Waals surface area (Å²) < 4.78 is 2.00. The van der Waals surface area contributed by atoms with Crippen LogP contribution in [-0.4, -0.2) is 22.5 Å². The molecule has 0 unspecified atom stereocenters. The molecule has 1 N–H and O–H groups in total. The Hall–Kier alpha value is -0.240. The van der Waals surface area contributed by atoms with Crippen molar-refractivity contribution in [2.45, 2.75) is 19.8 Å². The van der Waals surface area contributed by atoms with E-state index < -0.39 is 0 Å². The maximum atomic E-state index is 12.2. The summed E-state index contributed by atoms with van der Waals surface area (Å²) >= 11 is 13.6. The molecule has 1 aliphatic rings. The van der Waals surface area contributed by atoms with Gasteiger partial charge in [0.1, 0.15) is 5.70 Å². The van der Waals surface area contributed by atoms with Crippen LogP contribution in [0.4, 0.5) is 0 Å². The molecule has 1 aliphatic heterocycles. The summed E-state index contributed by atoms with van der Waals surface area (Å²) in [6.45, 7) is 2.77. The van der Waals surface area contributed by atoms with Gasteiger partial charge in [-0.15, -0.1) is 11.3 Å². The Morgan fingerprint density at radius 2 is 2.26 bits per heavy atom. The smallest absolute Gasteiger partial charge is 0.276 e. The Morgan fingerprint density at radius 3 is 2.84 bits per heavy atom. The SMILES string of the molecule is CCCCN1C(=O)/C(=C\c2cc(Br)c(Br)s2)NC1=S. The fraction of sp³-hybridized carbons (Fsp3) is 0.333. The predicted molar refractivity (Wildman–Crippen MR) is 90.1 cm³/mol. The Balaban J connectivity index is 2.18. The third-order valence-corrected chi connectivity index (χ3v) is 6.17. The van der Waals surface area contributed by atoms with Crippen molar-refractivity contribution in [2.75, 3.05) is 6.54 Å². The van der Waals surface area contributed by atoms with Crippen molar-refractivity contribution in [2.24, 2.45) is 0 Å². The fourth-order valence-corrected chi connectivity index (χ4v) is 3.98. The largest absolute Gasteiger partial charge is 0.328 e. The highest BCUT2D eigenvalue weighted by Gasteiger charge is 2.29. The molecule has 102 valence electrons. The Labute approximate surface area is 138 Å². The number of hydrogen-bond donors (Lipinski definition) is 1. The Bertz CT molecular complexity index is 534. The molecule has 0 aromatic carbocycles. The number of nitrogens with zero attached hydrogens (tertiary/aromatic N) is 1. The molecular formula is C12H12Br2N2OS2. The number of carbonyl (C=O) groups excluding carboxylic acids is 1. The predicted octanol–water partition coefficient (Wildman–Crippen LogP) is 4.13. The highest BCUT2D eigenvalue weighted by atomic mass is 79.9. The zero-order chi connectivity index (χ0) is 14.0. The minimum Gasteiger partial charge on any atom is -0.328 e. The van der Waals surface area contributed by atoms with Crippen molar-refractivity contribution in [3.63, 3.8) is 0 Å². The molecule has 1 aromatic heterocycles. The average Bonchev–Trinajstić information content (AvgIpc) is 2.80. The van der Waals surface area contributed by atoms with Gasteiger partial charge in [0, 0.05) is 15.9 Å². The summed E-state index contributed by atoms with van der Waals surface area (Å²) in [7, 11) is 0. The van der Waals surface area contributed by atoms with Crippen LogP contribution in [0.1, 0.15) is 24.6 Å². The highest BCUT2D eigenvalue weighted by molar-refractivity contribution is 9.13. The molecular weight excluding hydrogens is 412 g/mol. The molecule has 1 fully saturated rings. The van der Waals surface area contributed by atoms with Crippen LogP contribution < -0.4 is 5.32 Å². The van der Waals surface area contributed by atoms with Crippen molar-refractivity contribution in [1.29, 1.82) is 0 Å². The molecule has 0 spiro atoms. The Morgan fingerprint density at radius 1 is 1.53 bits per heavy atom. The molecule has 1 saturated heterocycles. The van der Waals surface area contributed by atoms with Crippen LogP contribution in [0.5, 0.6) is 0 Å². The van der Waals surface area contributed by atoms with E-state index in [1.54, 1.807) is 16.2 Å². The van der Waals surface area contributed by atoms with E-state index in [-0.39, 0.29) is 5.91 Å². The number of hydrogen-bond acceptors (Lipinski definition) is 3. The Kier molecular flexibility index (Phi) is 5.16. The van der Waals surface area contributed by atoms with Crippen LogP contribution in [0.2, 0.25) is 0 Å². The van der Waals surface area contributed by atoms with E-state index in [2.05, 4.69) is 44.1 Å². The second kappa shape index (κ2) is 6.47. The lowest BCUT2D eigenvalue weighted by molar-refractivity contribution is -0.122. The van der Waals surface area contributed by atoms with Gasteiger partial charge in [0.2, 0.25) is 0 Å². The van der Waals surface area contributed by atoms with E-state index >= 15 is 0 Å². The first-order chi connectivity index (χ1) is 9.02. The maximum Gasteiger partial charge on any atom is 0.276 e. The van der Waals surface area contributed by atoms with Crippen molar-refractivity contribution in [1.82, 2.24) is 10.2 Å². The van der Waals surface area contributed by atoms with E-state index in [9.17, 15) is 4.79 Å². The van der Waals surface area contributed by atoms with Gasteiger partial charge in [-0.2, -0.15) is 0 Å². The molecule has 2 heterocycles. The lowest BCUT2D eigenvalue weighted by atomic mass is 10.3. The number of nitrogens with one attached hydrogen (secondary N) is 1. The van der Waals surface area contributed by atoms with Gasteiger partial charge in [-0.1, -0.05) is 13.3 Å². The van der Waals surface area contributed by atoms with Gasteiger partial charge in [-0.25, -0.2) is 0 Å². The van der Waals surface area contributed by atoms with E-state index in [1.165, 1.54) is 0 Å². The molecule has 0 atom stereocenters. The van der Waals surface area contributed by atoms with Crippen molar-refractivity contribution >= 4 is 72.5 Å². The molecule has 0 radical (unpaired) electrons. The number of unbranched alkanes of at least 4 members (excludes halogenated alkanes) is 1. The number of amides is 1. The first-order valence-corrected chi connectivity index (χ1v) is 8.63. The molecule has 1 amide bonds. The average molecular weight is 424 g/mol. The normalized spacial score (nSPS) is 17.4. The topological polar surface area (TPSA) is 32.3 Å². The van der Waals surface area contributed by atoms with E-state index in [0.717, 1.165) is 26.0 Å². The molecule has 7 heteroatoms. The van der Waals surface area contributed by atoms with E-state index in [4.69, 9.17) is 12.2 Å². The second-order valence-corrected chi connectivity index (χ2v) is 7.71. The van der Waals surface area contributed by atoms with Gasteiger partial charge in [-0.3, -0.25) is 9.69 Å². The zero-order valence-corrected chi connectivity index (χ0v) is 15.0. The minimum absolute atomic E-state index is 0.0425. The molecule has 2 rings (SSSR count). The van der Waals surface area contributed by atoms with Crippen molar-refractivity contribution < 1.29 is 4.79 Å². The van der Waals surface area contributed by atoms with Gasteiger partial charge in [0.05, 0.1) is 3.79 Å². The maximum absolute atomic E-state index is 12.2. The lowest BCUT2D eigenvalue weighted by Gasteiger charge is -2.12. The molecule has 0 aliphatic carbocycles. The van der Waals surface area contributed by atoms with Crippen LogP contribution in [0.25, 0.3) is 6.08 Å². The first-order valence-electron chi connectivity index (χ1n) is 5.82. The second-order valence-electron chi connectivity index (χ2n) is 4.07. The van der Waals surface area contributed by atoms with Gasteiger partial charge in [0.25, 0.3) is 5.91 Å². The van der Waals surface area contributed by atoms with E-state index in [1.807, 2.05) is 12.1 Å². The number of halogens is 2. The molecule has 0 saturated carbocycles. The molecule has 3 nitrogen and oxygen atoms in total. The summed E-state index contributed by atoms with van der Waals surface area (Å²) in [5.74, 6) is -0.0425. The van der Waals surface area contributed by atoms with Crippen molar-refractivity contribution in [3.05, 3.63) is 24.9 Å². The van der Waals surface area contributed by atoms with Crippen LogP contribution in [-0.2, 0) is 4.79 Å². The third kappa shape index (κ3) is 3.45. The third-order valence-electron chi connectivity index (χ3n) is 2.65. The first kappa shape index (κ1) is 15.2. The summed E-state index contributed by atoms with van der Waals surface area (Å²) in [6, 6.07) is 1.97. The zero-order valence-electron chi connectivity index (χ0n) is 10.2. The lowest BCUT2D eigenvalue weighted by Crippen LogP contribution is -2.31. The van der Waals surface area contributed by atoms with E-state index in [0.29, 0.717) is 17.4 Å². The summed E-state index contributed by atoms with van der Waals surface area (Å²) in [5, 5.41) is 3.48. The monoisotopic (exact) mass is 422 g/mol. The number of carbonyl (C=O) groups is 1. The summed E-state index contributed by atoms with van der Waals surface area (Å²) in [5.41, 5.74) is 0.544. The standard InChI is InChI=1S/C12H12Br2N2OS2/c1-2-3-4-16-11(17)9(15-12(16)18)6-7-5-8(13)10(14)19-7/h5-6H,2-4H2,1H3,(H,15,18)/b9-6+. The molecule has 1 aromatic rings. The summed E-state index contributed by atoms with van der Waals surface area (Å²) in [4.78, 5) is 14.8. The van der Waals surface area contributed by atoms with Crippen LogP contribution in [0, 0.1) is 0 Å². The number of thiophene rings is 1. The quantitative estimate of drug-likeness (QED) is 0.583. The van der Waals surface area contributed by atoms with Gasteiger partial charge < -0.3 is 5.32 Å². The molecule has 0 bridgehead atoms. The van der Waals surface area contributed by atoms with Crippen LogP contribution in [0.15, 0.2) is 20.0 Å².